The maximum absolute atomic E-state index is 13.0. The predicted molar refractivity (Wildman–Crippen MR) is 91.1 cm³/mol. The molecule has 1 aromatic carbocycles. The second kappa shape index (κ2) is 5.88. The van der Waals surface area contributed by atoms with Crippen molar-refractivity contribution in [2.45, 2.75) is 18.0 Å². The Hall–Kier alpha value is -2.74. The molecule has 2 amide bonds. The van der Waals surface area contributed by atoms with Gasteiger partial charge in [0.05, 0.1) is 26.1 Å². The number of carbonyl (C=O) groups is 4. The zero-order chi connectivity index (χ0) is 19.5. The number of methoxy groups -OCH3 is 2. The van der Waals surface area contributed by atoms with Gasteiger partial charge in [-0.2, -0.15) is 0 Å². The number of amides is 2. The lowest BCUT2D eigenvalue weighted by atomic mass is 9.79. The molecule has 0 saturated carbocycles. The average molecular weight is 372 g/mol. The molecule has 0 spiro atoms. The first kappa shape index (κ1) is 17.7. The number of nitrogens with zero attached hydrogens (tertiary/aromatic N) is 2. The van der Waals surface area contributed by atoms with E-state index in [4.69, 9.17) is 9.47 Å². The minimum atomic E-state index is -1.97. The van der Waals surface area contributed by atoms with Gasteiger partial charge in [0.2, 0.25) is 17.4 Å². The van der Waals surface area contributed by atoms with Gasteiger partial charge in [-0.3, -0.25) is 19.4 Å². The summed E-state index contributed by atoms with van der Waals surface area (Å²) >= 11 is 0. The number of likely N-dealkylation sites (tertiary alicyclic amines) is 1. The summed E-state index contributed by atoms with van der Waals surface area (Å²) < 4.78 is 9.92. The molecule has 8 heteroatoms. The van der Waals surface area contributed by atoms with Crippen molar-refractivity contribution in [2.75, 3.05) is 27.8 Å². The molecule has 3 aliphatic rings. The van der Waals surface area contributed by atoms with Crippen LogP contribution in [0.5, 0.6) is 0 Å². The number of benzene rings is 1. The number of carbonyl (C=O) groups excluding carboxylic acids is 4. The van der Waals surface area contributed by atoms with Crippen LogP contribution in [0.25, 0.3) is 0 Å². The van der Waals surface area contributed by atoms with E-state index in [2.05, 4.69) is 0 Å². The lowest BCUT2D eigenvalue weighted by Gasteiger charge is -2.41. The Labute approximate surface area is 156 Å². The van der Waals surface area contributed by atoms with Gasteiger partial charge in [-0.1, -0.05) is 24.3 Å². The Balaban J connectivity index is 2.01. The van der Waals surface area contributed by atoms with Gasteiger partial charge in [0.25, 0.3) is 0 Å². The third kappa shape index (κ3) is 1.96. The maximum atomic E-state index is 13.0. The van der Waals surface area contributed by atoms with E-state index in [-0.39, 0.29) is 0 Å². The fourth-order valence-electron chi connectivity index (χ4n) is 5.04. The van der Waals surface area contributed by atoms with Crippen LogP contribution in [0.4, 0.5) is 0 Å². The number of esters is 2. The first-order valence-electron chi connectivity index (χ1n) is 8.74. The fraction of sp³-hybridized carbons (Fsp3) is 0.474. The predicted octanol–water partition coefficient (Wildman–Crippen LogP) is -0.0848. The van der Waals surface area contributed by atoms with Crippen LogP contribution in [-0.4, -0.2) is 66.9 Å². The summed E-state index contributed by atoms with van der Waals surface area (Å²) in [6.45, 7) is 0.336. The zero-order valence-electron chi connectivity index (χ0n) is 15.3. The van der Waals surface area contributed by atoms with Crippen LogP contribution in [0.15, 0.2) is 24.3 Å². The van der Waals surface area contributed by atoms with Crippen molar-refractivity contribution < 1.29 is 28.7 Å². The summed E-state index contributed by atoms with van der Waals surface area (Å²) in [5.41, 5.74) is -0.0770. The Bertz CT molecular complexity index is 850. The minimum absolute atomic E-state index is 0.336. The van der Waals surface area contributed by atoms with Crippen LogP contribution in [0.1, 0.15) is 17.2 Å². The largest absolute Gasteiger partial charge is 0.467 e. The maximum Gasteiger partial charge on any atom is 0.338 e. The standard InChI is InChI=1S/C19H20N2O6/c1-20-15(22)12-13(16(20)23)19(17(24)26-2,18(25)27-3)21-9-8-10-6-4-5-7-11(10)14(12)21/h4-7,12-14H,8-9H2,1-3H3/t12-,13-,14?/m1/s1. The summed E-state index contributed by atoms with van der Waals surface area (Å²) in [7, 11) is 3.71. The lowest BCUT2D eigenvalue weighted by molar-refractivity contribution is -0.177. The Kier molecular flexibility index (Phi) is 3.85. The number of imide groups is 1. The minimum Gasteiger partial charge on any atom is -0.467 e. The van der Waals surface area contributed by atoms with Gasteiger partial charge in [-0.15, -0.1) is 0 Å². The van der Waals surface area contributed by atoms with Gasteiger partial charge in [-0.05, 0) is 17.5 Å². The fourth-order valence-corrected chi connectivity index (χ4v) is 5.04. The van der Waals surface area contributed by atoms with Crippen LogP contribution in [0, 0.1) is 11.8 Å². The monoisotopic (exact) mass is 372 g/mol. The van der Waals surface area contributed by atoms with Gasteiger partial charge < -0.3 is 9.47 Å². The van der Waals surface area contributed by atoms with Gasteiger partial charge in [0.1, 0.15) is 0 Å². The molecule has 0 aliphatic carbocycles. The third-order valence-electron chi connectivity index (χ3n) is 6.14. The molecule has 142 valence electrons. The van der Waals surface area contributed by atoms with E-state index >= 15 is 0 Å². The Morgan fingerprint density at radius 3 is 2.33 bits per heavy atom. The van der Waals surface area contributed by atoms with E-state index in [1.54, 1.807) is 4.90 Å². The van der Waals surface area contributed by atoms with Crippen molar-refractivity contribution in [1.82, 2.24) is 9.80 Å². The normalized spacial score (nSPS) is 28.4. The van der Waals surface area contributed by atoms with Crippen LogP contribution in [0.2, 0.25) is 0 Å². The molecule has 0 N–H and O–H groups in total. The van der Waals surface area contributed by atoms with E-state index in [9.17, 15) is 19.2 Å². The molecule has 8 nitrogen and oxygen atoms in total. The summed E-state index contributed by atoms with van der Waals surface area (Å²) in [5.74, 6) is -4.72. The number of ether oxygens (including phenoxy) is 2. The number of hydrogen-bond acceptors (Lipinski definition) is 7. The second-order valence-corrected chi connectivity index (χ2v) is 7.08. The van der Waals surface area contributed by atoms with Gasteiger partial charge in [0, 0.05) is 19.6 Å². The topological polar surface area (TPSA) is 93.2 Å². The molecule has 27 heavy (non-hydrogen) atoms. The first-order chi connectivity index (χ1) is 12.9. The van der Waals surface area contributed by atoms with Crippen LogP contribution in [-0.2, 0) is 35.1 Å². The van der Waals surface area contributed by atoms with Crippen molar-refractivity contribution in [2.24, 2.45) is 11.8 Å². The van der Waals surface area contributed by atoms with Crippen molar-refractivity contribution in [3.63, 3.8) is 0 Å². The summed E-state index contributed by atoms with van der Waals surface area (Å²) in [4.78, 5) is 54.5. The van der Waals surface area contributed by atoms with Crippen molar-refractivity contribution in [3.8, 4) is 0 Å². The highest BCUT2D eigenvalue weighted by molar-refractivity contribution is 6.16. The van der Waals surface area contributed by atoms with Crippen LogP contribution in [0.3, 0.4) is 0 Å². The summed E-state index contributed by atoms with van der Waals surface area (Å²) in [6, 6.07) is 7.02. The molecule has 3 heterocycles. The van der Waals surface area contributed by atoms with Gasteiger partial charge in [0.15, 0.2) is 0 Å². The lowest BCUT2D eigenvalue weighted by Crippen LogP contribution is -2.64. The molecule has 0 radical (unpaired) electrons. The molecule has 3 aliphatic heterocycles. The molecular weight excluding hydrogens is 352 g/mol. The molecular formula is C19H20N2O6. The number of rotatable bonds is 2. The van der Waals surface area contributed by atoms with E-state index in [0.717, 1.165) is 30.2 Å². The molecule has 1 aromatic rings. The molecule has 0 bridgehead atoms. The van der Waals surface area contributed by atoms with Gasteiger partial charge >= 0.3 is 11.9 Å². The molecule has 2 fully saturated rings. The SMILES string of the molecule is COC(=O)C1(C(=O)OC)[C@H]2C(=O)N(C)C(=O)[C@H]2C2c3ccccc3CCN21. The van der Waals surface area contributed by atoms with Crippen molar-refractivity contribution in [3.05, 3.63) is 35.4 Å². The van der Waals surface area contributed by atoms with Crippen molar-refractivity contribution in [1.29, 1.82) is 0 Å². The molecule has 0 aromatic heterocycles. The quantitative estimate of drug-likeness (QED) is 0.407. The van der Waals surface area contributed by atoms with Crippen molar-refractivity contribution >= 4 is 23.8 Å². The highest BCUT2D eigenvalue weighted by Crippen LogP contribution is 2.57. The number of fused-ring (bicyclic) bond motifs is 5. The smallest absolute Gasteiger partial charge is 0.338 e. The summed E-state index contributed by atoms with van der Waals surface area (Å²) in [6.07, 6.45) is 0.583. The molecule has 1 unspecified atom stereocenters. The third-order valence-corrected chi connectivity index (χ3v) is 6.14. The van der Waals surface area contributed by atoms with E-state index in [0.29, 0.717) is 13.0 Å². The van der Waals surface area contributed by atoms with Gasteiger partial charge in [-0.25, -0.2) is 9.59 Å². The molecule has 4 rings (SSSR count). The van der Waals surface area contributed by atoms with E-state index in [1.165, 1.54) is 7.05 Å². The Morgan fingerprint density at radius 2 is 1.70 bits per heavy atom. The highest BCUT2D eigenvalue weighted by Gasteiger charge is 2.76. The summed E-state index contributed by atoms with van der Waals surface area (Å²) in [5, 5.41) is 0. The van der Waals surface area contributed by atoms with Crippen LogP contribution >= 0.6 is 0 Å². The van der Waals surface area contributed by atoms with E-state index in [1.807, 2.05) is 24.3 Å². The molecule has 2 saturated heterocycles. The van der Waals surface area contributed by atoms with E-state index < -0.39 is 47.2 Å². The zero-order valence-corrected chi connectivity index (χ0v) is 15.3. The number of hydrogen-bond donors (Lipinski definition) is 0. The average Bonchev–Trinajstić information content (AvgIpc) is 3.13. The second-order valence-electron chi connectivity index (χ2n) is 7.08. The highest BCUT2D eigenvalue weighted by atomic mass is 16.5. The van der Waals surface area contributed by atoms with Crippen LogP contribution < -0.4 is 0 Å². The first-order valence-corrected chi connectivity index (χ1v) is 8.74. The Morgan fingerprint density at radius 1 is 1.07 bits per heavy atom. The molecule has 3 atom stereocenters.